The zero-order valence-electron chi connectivity index (χ0n) is 11.3. The molecule has 1 saturated heterocycles. The molecule has 0 aromatic carbocycles. The number of carboxylic acid groups (broad SMARTS) is 1. The number of carboxylic acids is 1. The van der Waals surface area contributed by atoms with Gasteiger partial charge in [0.25, 0.3) is 0 Å². The van der Waals surface area contributed by atoms with Crippen LogP contribution in [0.3, 0.4) is 0 Å². The Hall–Kier alpha value is -0.990. The first-order chi connectivity index (χ1) is 9.29. The first-order valence-corrected chi connectivity index (χ1v) is 9.23. The number of hydrogen-bond acceptors (Lipinski definition) is 6. The summed E-state index contributed by atoms with van der Waals surface area (Å²) in [5, 5.41) is 8.38. The van der Waals surface area contributed by atoms with Crippen molar-refractivity contribution in [3.8, 4) is 0 Å². The standard InChI is InChI=1S/C12H17NO5S2/c1-8-9(5-10(18-8)12(14)15)6-13-3-4-19-7-11(13)20(2,16)17/h5,11H,3-4,6-7H2,1-2H3,(H,14,15). The number of nitrogens with zero attached hydrogens (tertiary/aromatic N) is 1. The van der Waals surface area contributed by atoms with Crippen molar-refractivity contribution in [3.05, 3.63) is 23.2 Å². The molecular weight excluding hydrogens is 302 g/mol. The summed E-state index contributed by atoms with van der Waals surface area (Å²) in [6.45, 7) is 2.74. The van der Waals surface area contributed by atoms with Crippen molar-refractivity contribution in [1.29, 1.82) is 0 Å². The second-order valence-corrected chi connectivity index (χ2v) is 8.18. The van der Waals surface area contributed by atoms with E-state index in [4.69, 9.17) is 9.52 Å². The molecule has 1 aliphatic rings. The normalized spacial score (nSPS) is 21.0. The van der Waals surface area contributed by atoms with E-state index in [0.717, 1.165) is 11.3 Å². The zero-order chi connectivity index (χ0) is 14.9. The van der Waals surface area contributed by atoms with Crippen LogP contribution in [0.5, 0.6) is 0 Å². The summed E-state index contributed by atoms with van der Waals surface area (Å²) in [6.07, 6.45) is 1.24. The van der Waals surface area contributed by atoms with Crippen LogP contribution in [-0.4, -0.2) is 54.1 Å². The van der Waals surface area contributed by atoms with Gasteiger partial charge in [0.2, 0.25) is 5.76 Å². The molecule has 0 aliphatic carbocycles. The molecule has 20 heavy (non-hydrogen) atoms. The highest BCUT2D eigenvalue weighted by Crippen LogP contribution is 2.24. The quantitative estimate of drug-likeness (QED) is 0.892. The highest BCUT2D eigenvalue weighted by atomic mass is 32.2. The maximum absolute atomic E-state index is 11.8. The van der Waals surface area contributed by atoms with Gasteiger partial charge in [-0.25, -0.2) is 13.2 Å². The van der Waals surface area contributed by atoms with E-state index in [9.17, 15) is 13.2 Å². The fraction of sp³-hybridized carbons (Fsp3) is 0.583. The minimum Gasteiger partial charge on any atom is -0.475 e. The summed E-state index contributed by atoms with van der Waals surface area (Å²) >= 11 is 1.62. The van der Waals surface area contributed by atoms with E-state index in [1.807, 2.05) is 4.90 Å². The van der Waals surface area contributed by atoms with E-state index >= 15 is 0 Å². The molecule has 1 aliphatic heterocycles. The van der Waals surface area contributed by atoms with Gasteiger partial charge in [0.15, 0.2) is 9.84 Å². The van der Waals surface area contributed by atoms with Gasteiger partial charge in [-0.15, -0.1) is 0 Å². The van der Waals surface area contributed by atoms with E-state index in [2.05, 4.69) is 0 Å². The SMILES string of the molecule is Cc1oc(C(=O)O)cc1CN1CCSCC1S(C)(=O)=O. The fourth-order valence-electron chi connectivity index (χ4n) is 2.19. The first-order valence-electron chi connectivity index (χ1n) is 6.12. The Kier molecular flexibility index (Phi) is 4.46. The number of furan rings is 1. The van der Waals surface area contributed by atoms with Crippen molar-refractivity contribution < 1.29 is 22.7 Å². The Morgan fingerprint density at radius 3 is 2.85 bits per heavy atom. The summed E-state index contributed by atoms with van der Waals surface area (Å²) < 4.78 is 28.8. The molecule has 1 unspecified atom stereocenters. The van der Waals surface area contributed by atoms with Crippen LogP contribution in [0.15, 0.2) is 10.5 Å². The minimum atomic E-state index is -3.16. The third-order valence-electron chi connectivity index (χ3n) is 3.29. The van der Waals surface area contributed by atoms with Crippen LogP contribution in [0.2, 0.25) is 0 Å². The van der Waals surface area contributed by atoms with E-state index < -0.39 is 21.2 Å². The highest BCUT2D eigenvalue weighted by molar-refractivity contribution is 8.00. The molecule has 112 valence electrons. The van der Waals surface area contributed by atoms with Crippen molar-refractivity contribution in [2.24, 2.45) is 0 Å². The molecule has 1 fully saturated rings. The zero-order valence-corrected chi connectivity index (χ0v) is 13.0. The average molecular weight is 319 g/mol. The van der Waals surface area contributed by atoms with Crippen LogP contribution in [0, 0.1) is 6.92 Å². The maximum atomic E-state index is 11.8. The van der Waals surface area contributed by atoms with Gasteiger partial charge in [-0.3, -0.25) is 4.90 Å². The lowest BCUT2D eigenvalue weighted by Gasteiger charge is -2.33. The number of aromatic carboxylic acids is 1. The van der Waals surface area contributed by atoms with E-state index in [0.29, 0.717) is 24.6 Å². The number of carbonyl (C=O) groups is 1. The Morgan fingerprint density at radius 2 is 2.30 bits per heavy atom. The largest absolute Gasteiger partial charge is 0.475 e. The Labute approximate surface area is 122 Å². The van der Waals surface area contributed by atoms with Crippen LogP contribution >= 0.6 is 11.8 Å². The number of aryl methyl sites for hydroxylation is 1. The first kappa shape index (κ1) is 15.4. The minimum absolute atomic E-state index is 0.111. The lowest BCUT2D eigenvalue weighted by atomic mass is 10.2. The van der Waals surface area contributed by atoms with Gasteiger partial charge in [-0.05, 0) is 13.0 Å². The van der Waals surface area contributed by atoms with Gasteiger partial charge in [0, 0.05) is 36.4 Å². The molecule has 1 atom stereocenters. The van der Waals surface area contributed by atoms with Crippen LogP contribution < -0.4 is 0 Å². The van der Waals surface area contributed by atoms with E-state index in [-0.39, 0.29) is 5.76 Å². The molecule has 0 saturated carbocycles. The molecule has 6 nitrogen and oxygen atoms in total. The molecule has 0 spiro atoms. The van der Waals surface area contributed by atoms with Crippen LogP contribution in [0.4, 0.5) is 0 Å². The molecule has 0 amide bonds. The smallest absolute Gasteiger partial charge is 0.371 e. The lowest BCUT2D eigenvalue weighted by Crippen LogP contribution is -2.46. The van der Waals surface area contributed by atoms with E-state index in [1.165, 1.54) is 12.3 Å². The summed E-state index contributed by atoms with van der Waals surface area (Å²) in [6, 6.07) is 1.47. The highest BCUT2D eigenvalue weighted by Gasteiger charge is 2.31. The van der Waals surface area contributed by atoms with Crippen molar-refractivity contribution in [3.63, 3.8) is 0 Å². The molecule has 1 aromatic rings. The number of thioether (sulfide) groups is 1. The molecule has 0 bridgehead atoms. The molecule has 2 rings (SSSR count). The summed E-state index contributed by atoms with van der Waals surface area (Å²) in [5.41, 5.74) is 0.725. The molecule has 1 N–H and O–H groups in total. The van der Waals surface area contributed by atoms with Gasteiger partial charge in [0.05, 0.1) is 0 Å². The molecule has 0 radical (unpaired) electrons. The Balaban J connectivity index is 2.21. The second-order valence-electron chi connectivity index (χ2n) is 4.83. The van der Waals surface area contributed by atoms with Crippen molar-refractivity contribution in [2.45, 2.75) is 18.8 Å². The van der Waals surface area contributed by atoms with E-state index in [1.54, 1.807) is 18.7 Å². The third-order valence-corrected chi connectivity index (χ3v) is 5.98. The Bertz CT molecular complexity index is 607. The average Bonchev–Trinajstić information content (AvgIpc) is 2.71. The van der Waals surface area contributed by atoms with Crippen LogP contribution in [-0.2, 0) is 16.4 Å². The lowest BCUT2D eigenvalue weighted by molar-refractivity contribution is 0.0661. The van der Waals surface area contributed by atoms with Gasteiger partial charge in [-0.2, -0.15) is 11.8 Å². The fourth-order valence-corrected chi connectivity index (χ4v) is 5.13. The maximum Gasteiger partial charge on any atom is 0.371 e. The van der Waals surface area contributed by atoms with Gasteiger partial charge < -0.3 is 9.52 Å². The van der Waals surface area contributed by atoms with Crippen molar-refractivity contribution in [1.82, 2.24) is 4.90 Å². The Morgan fingerprint density at radius 1 is 1.60 bits per heavy atom. The molecular formula is C12H17NO5S2. The van der Waals surface area contributed by atoms with Crippen LogP contribution in [0.25, 0.3) is 0 Å². The third kappa shape index (κ3) is 3.36. The van der Waals surface area contributed by atoms with Gasteiger partial charge in [0.1, 0.15) is 11.1 Å². The monoisotopic (exact) mass is 319 g/mol. The predicted molar refractivity (Wildman–Crippen MR) is 76.8 cm³/mol. The topological polar surface area (TPSA) is 87.8 Å². The van der Waals surface area contributed by atoms with Crippen molar-refractivity contribution >= 4 is 27.6 Å². The van der Waals surface area contributed by atoms with Crippen LogP contribution in [0.1, 0.15) is 21.9 Å². The summed E-state index contributed by atoms with van der Waals surface area (Å²) in [5.74, 6) is 0.705. The number of rotatable bonds is 4. The molecule has 1 aromatic heterocycles. The summed E-state index contributed by atoms with van der Waals surface area (Å²) in [7, 11) is -3.16. The molecule has 2 heterocycles. The van der Waals surface area contributed by atoms with Crippen molar-refractivity contribution in [2.75, 3.05) is 24.3 Å². The van der Waals surface area contributed by atoms with Gasteiger partial charge in [-0.1, -0.05) is 0 Å². The van der Waals surface area contributed by atoms with Gasteiger partial charge >= 0.3 is 5.97 Å². The second kappa shape index (κ2) is 5.79. The number of hydrogen-bond donors (Lipinski definition) is 1. The molecule has 8 heteroatoms. The summed E-state index contributed by atoms with van der Waals surface area (Å²) in [4.78, 5) is 12.7. The number of sulfone groups is 1. The predicted octanol–water partition coefficient (Wildman–Crippen LogP) is 1.21.